The van der Waals surface area contributed by atoms with Gasteiger partial charge in [-0.15, -0.1) is 11.3 Å². The number of hydrogen-bond acceptors (Lipinski definition) is 4. The van der Waals surface area contributed by atoms with Crippen molar-refractivity contribution in [3.05, 3.63) is 74.9 Å². The van der Waals surface area contributed by atoms with Crippen LogP contribution >= 0.6 is 22.9 Å². The molecule has 146 valence electrons. The maximum atomic E-state index is 12.5. The summed E-state index contributed by atoms with van der Waals surface area (Å²) in [7, 11) is 0. The van der Waals surface area contributed by atoms with Crippen molar-refractivity contribution in [3.8, 4) is 11.5 Å². The first-order chi connectivity index (χ1) is 13.4. The summed E-state index contributed by atoms with van der Waals surface area (Å²) in [5, 5.41) is 5.06. The predicted octanol–water partition coefficient (Wildman–Crippen LogP) is 6.14. The molecule has 0 unspecified atom stereocenters. The number of halogens is 3. The van der Waals surface area contributed by atoms with Gasteiger partial charge in [-0.2, -0.15) is 8.78 Å². The van der Waals surface area contributed by atoms with E-state index in [2.05, 4.69) is 10.1 Å². The average Bonchev–Trinajstić information content (AvgIpc) is 3.13. The Morgan fingerprint density at radius 1 is 1.21 bits per heavy atom. The van der Waals surface area contributed by atoms with E-state index in [1.54, 1.807) is 35.7 Å². The van der Waals surface area contributed by atoms with Crippen molar-refractivity contribution in [3.63, 3.8) is 0 Å². The molecule has 0 spiro atoms. The Balaban J connectivity index is 1.63. The summed E-state index contributed by atoms with van der Waals surface area (Å²) < 4.78 is 35.1. The molecule has 0 saturated heterocycles. The van der Waals surface area contributed by atoms with Gasteiger partial charge in [0.25, 0.3) is 5.91 Å². The Morgan fingerprint density at radius 3 is 2.75 bits per heavy atom. The first-order valence-corrected chi connectivity index (χ1v) is 9.49. The number of ether oxygens (including phenoxy) is 2. The normalized spacial score (nSPS) is 10.8. The molecule has 0 atom stereocenters. The van der Waals surface area contributed by atoms with Crippen LogP contribution in [0, 0.1) is 6.92 Å². The monoisotopic (exact) mass is 423 g/mol. The predicted molar refractivity (Wildman–Crippen MR) is 106 cm³/mol. The first kappa shape index (κ1) is 20.1. The van der Waals surface area contributed by atoms with Gasteiger partial charge in [-0.05, 0) is 54.3 Å². The van der Waals surface area contributed by atoms with Crippen molar-refractivity contribution in [1.29, 1.82) is 0 Å². The molecule has 8 heteroatoms. The van der Waals surface area contributed by atoms with Crippen molar-refractivity contribution in [2.24, 2.45) is 0 Å². The number of aryl methyl sites for hydroxylation is 1. The highest BCUT2D eigenvalue weighted by Gasteiger charge is 2.14. The molecule has 0 aliphatic rings. The quantitative estimate of drug-likeness (QED) is 0.496. The summed E-state index contributed by atoms with van der Waals surface area (Å²) in [5.74, 6) is 0.171. The van der Waals surface area contributed by atoms with Crippen molar-refractivity contribution in [1.82, 2.24) is 0 Å². The maximum Gasteiger partial charge on any atom is 0.387 e. The lowest BCUT2D eigenvalue weighted by Gasteiger charge is -2.10. The van der Waals surface area contributed by atoms with E-state index in [4.69, 9.17) is 16.3 Å². The molecule has 4 nitrogen and oxygen atoms in total. The number of amides is 1. The fourth-order valence-electron chi connectivity index (χ4n) is 2.40. The standard InChI is InChI=1S/C20H16ClF2NO3S/c1-12-8-14(6-7-15(12)21)26-10-13-9-18(28-11-13)19(25)24-16-4-2-3-5-17(16)27-20(22)23/h2-9,11,20H,10H2,1H3,(H,24,25). The maximum absolute atomic E-state index is 12.5. The second kappa shape index (κ2) is 9.03. The van der Waals surface area contributed by atoms with Crippen LogP contribution in [0.5, 0.6) is 11.5 Å². The number of carbonyl (C=O) groups is 1. The topological polar surface area (TPSA) is 47.6 Å². The fourth-order valence-corrected chi connectivity index (χ4v) is 3.31. The minimum Gasteiger partial charge on any atom is -0.489 e. The van der Waals surface area contributed by atoms with Gasteiger partial charge in [0, 0.05) is 10.6 Å². The summed E-state index contributed by atoms with van der Waals surface area (Å²) in [6.45, 7) is -0.798. The molecule has 1 N–H and O–H groups in total. The zero-order valence-corrected chi connectivity index (χ0v) is 16.3. The summed E-state index contributed by atoms with van der Waals surface area (Å²) >= 11 is 7.23. The van der Waals surface area contributed by atoms with Gasteiger partial charge in [0.15, 0.2) is 0 Å². The number of alkyl halides is 2. The second-order valence-corrected chi connectivity index (χ2v) is 7.17. The van der Waals surface area contributed by atoms with Crippen LogP contribution in [0.15, 0.2) is 53.9 Å². The molecular formula is C20H16ClF2NO3S. The van der Waals surface area contributed by atoms with Gasteiger partial charge in [0.2, 0.25) is 0 Å². The van der Waals surface area contributed by atoms with Gasteiger partial charge in [-0.25, -0.2) is 0 Å². The molecule has 0 saturated carbocycles. The minimum absolute atomic E-state index is 0.0935. The van der Waals surface area contributed by atoms with Gasteiger partial charge in [-0.3, -0.25) is 4.79 Å². The van der Waals surface area contributed by atoms with E-state index in [0.29, 0.717) is 15.6 Å². The lowest BCUT2D eigenvalue weighted by Crippen LogP contribution is -2.12. The highest BCUT2D eigenvalue weighted by atomic mass is 35.5. The molecule has 0 bridgehead atoms. The molecule has 1 aromatic heterocycles. The molecular weight excluding hydrogens is 408 g/mol. The van der Waals surface area contributed by atoms with E-state index in [9.17, 15) is 13.6 Å². The number of carbonyl (C=O) groups excluding carboxylic acids is 1. The SMILES string of the molecule is Cc1cc(OCc2csc(C(=O)Nc3ccccc3OC(F)F)c2)ccc1Cl. The lowest BCUT2D eigenvalue weighted by atomic mass is 10.2. The van der Waals surface area contributed by atoms with Crippen LogP contribution in [0.1, 0.15) is 20.8 Å². The third kappa shape index (κ3) is 5.21. The zero-order chi connectivity index (χ0) is 20.1. The Bertz CT molecular complexity index is 978. The van der Waals surface area contributed by atoms with Crippen LogP contribution in [0.2, 0.25) is 5.02 Å². The molecule has 0 aliphatic heterocycles. The molecule has 3 aromatic rings. The molecule has 0 fully saturated rings. The lowest BCUT2D eigenvalue weighted by molar-refractivity contribution is -0.0493. The second-order valence-electron chi connectivity index (χ2n) is 5.85. The van der Waals surface area contributed by atoms with Crippen LogP contribution in [0.3, 0.4) is 0 Å². The summed E-state index contributed by atoms with van der Waals surface area (Å²) in [6.07, 6.45) is 0. The number of nitrogens with one attached hydrogen (secondary N) is 1. The number of hydrogen-bond donors (Lipinski definition) is 1. The van der Waals surface area contributed by atoms with Crippen LogP contribution in [0.4, 0.5) is 14.5 Å². The van der Waals surface area contributed by atoms with Gasteiger partial charge in [0.05, 0.1) is 10.6 Å². The Labute approximate surface area is 169 Å². The Kier molecular flexibility index (Phi) is 6.49. The van der Waals surface area contributed by atoms with E-state index in [1.165, 1.54) is 23.5 Å². The summed E-state index contributed by atoms with van der Waals surface area (Å²) in [4.78, 5) is 12.9. The summed E-state index contributed by atoms with van der Waals surface area (Å²) in [5.41, 5.74) is 1.91. The van der Waals surface area contributed by atoms with Gasteiger partial charge < -0.3 is 14.8 Å². The zero-order valence-electron chi connectivity index (χ0n) is 14.7. The number of benzene rings is 2. The average molecular weight is 424 g/mol. The Morgan fingerprint density at radius 2 is 2.00 bits per heavy atom. The van der Waals surface area contributed by atoms with Crippen molar-refractivity contribution >= 4 is 34.5 Å². The summed E-state index contributed by atoms with van der Waals surface area (Å²) in [6, 6.07) is 13.1. The van der Waals surface area contributed by atoms with E-state index >= 15 is 0 Å². The third-order valence-electron chi connectivity index (χ3n) is 3.76. The van der Waals surface area contributed by atoms with Crippen LogP contribution in [-0.4, -0.2) is 12.5 Å². The first-order valence-electron chi connectivity index (χ1n) is 8.24. The van der Waals surface area contributed by atoms with Gasteiger partial charge in [0.1, 0.15) is 18.1 Å². The number of rotatable bonds is 7. The largest absolute Gasteiger partial charge is 0.489 e. The molecule has 0 aliphatic carbocycles. The molecule has 0 radical (unpaired) electrons. The molecule has 1 heterocycles. The van der Waals surface area contributed by atoms with Crippen LogP contribution in [0.25, 0.3) is 0 Å². The van der Waals surface area contributed by atoms with E-state index in [-0.39, 0.29) is 18.0 Å². The smallest absolute Gasteiger partial charge is 0.387 e. The van der Waals surface area contributed by atoms with E-state index < -0.39 is 12.5 Å². The highest BCUT2D eigenvalue weighted by Crippen LogP contribution is 2.27. The van der Waals surface area contributed by atoms with Crippen LogP contribution < -0.4 is 14.8 Å². The minimum atomic E-state index is -2.97. The highest BCUT2D eigenvalue weighted by molar-refractivity contribution is 7.12. The number of para-hydroxylation sites is 2. The molecule has 3 rings (SSSR count). The van der Waals surface area contributed by atoms with E-state index in [1.807, 2.05) is 13.0 Å². The van der Waals surface area contributed by atoms with Gasteiger partial charge in [-0.1, -0.05) is 23.7 Å². The van der Waals surface area contributed by atoms with Crippen molar-refractivity contribution in [2.75, 3.05) is 5.32 Å². The van der Waals surface area contributed by atoms with Crippen LogP contribution in [-0.2, 0) is 6.61 Å². The molecule has 2 aromatic carbocycles. The van der Waals surface area contributed by atoms with E-state index in [0.717, 1.165) is 11.1 Å². The molecule has 28 heavy (non-hydrogen) atoms. The van der Waals surface area contributed by atoms with Crippen molar-refractivity contribution in [2.45, 2.75) is 20.1 Å². The number of thiophene rings is 1. The molecule has 1 amide bonds. The fraction of sp³-hybridized carbons (Fsp3) is 0.150. The van der Waals surface area contributed by atoms with Crippen molar-refractivity contribution < 1.29 is 23.0 Å². The number of anilines is 1. The third-order valence-corrected chi connectivity index (χ3v) is 5.17. The Hall–Kier alpha value is -2.64. The van der Waals surface area contributed by atoms with Gasteiger partial charge >= 0.3 is 6.61 Å².